The van der Waals surface area contributed by atoms with Gasteiger partial charge in [-0.3, -0.25) is 4.68 Å². The second-order valence-corrected chi connectivity index (χ2v) is 4.93. The minimum Gasteiger partial charge on any atom is -0.503 e. The van der Waals surface area contributed by atoms with Gasteiger partial charge in [0.15, 0.2) is 11.5 Å². The molecule has 1 aromatic heterocycles. The lowest BCUT2D eigenvalue weighted by Gasteiger charge is -2.10. The van der Waals surface area contributed by atoms with E-state index in [1.165, 1.54) is 7.11 Å². The molecule has 0 aliphatic rings. The van der Waals surface area contributed by atoms with Crippen LogP contribution in [0.4, 0.5) is 0 Å². The number of methoxy groups -OCH3 is 1. The van der Waals surface area contributed by atoms with Crippen molar-refractivity contribution in [2.24, 2.45) is 0 Å². The van der Waals surface area contributed by atoms with E-state index < -0.39 is 0 Å². The Bertz CT molecular complexity index is 529. The first kappa shape index (κ1) is 13.9. The van der Waals surface area contributed by atoms with Crippen LogP contribution in [0, 0.1) is 0 Å². The molecule has 0 amide bonds. The zero-order chi connectivity index (χ0) is 13.7. The summed E-state index contributed by atoms with van der Waals surface area (Å²) < 4.78 is 7.62. The zero-order valence-electron chi connectivity index (χ0n) is 10.6. The summed E-state index contributed by atoms with van der Waals surface area (Å²) >= 11 is 3.31. The standard InChI is InChI=1S/C13H16BrN3O2/c1-19-12-8-10(7-11(14)13(12)18)9-15-4-6-17-5-2-3-16-17/h2-3,5,7-8,15,18H,4,6,9H2,1H3. The Morgan fingerprint density at radius 3 is 3.00 bits per heavy atom. The zero-order valence-corrected chi connectivity index (χ0v) is 12.2. The maximum atomic E-state index is 9.71. The lowest BCUT2D eigenvalue weighted by Crippen LogP contribution is -2.19. The van der Waals surface area contributed by atoms with Gasteiger partial charge in [-0.2, -0.15) is 5.10 Å². The van der Waals surface area contributed by atoms with Crippen LogP contribution < -0.4 is 10.1 Å². The number of ether oxygens (including phenoxy) is 1. The fourth-order valence-corrected chi connectivity index (χ4v) is 2.23. The highest BCUT2D eigenvalue weighted by Gasteiger charge is 2.08. The third-order valence-electron chi connectivity index (χ3n) is 2.71. The molecule has 0 bridgehead atoms. The van der Waals surface area contributed by atoms with Crippen LogP contribution in [-0.4, -0.2) is 28.5 Å². The number of benzene rings is 1. The Morgan fingerprint density at radius 1 is 1.47 bits per heavy atom. The Morgan fingerprint density at radius 2 is 2.32 bits per heavy atom. The maximum Gasteiger partial charge on any atom is 0.172 e. The van der Waals surface area contributed by atoms with Crippen LogP contribution in [0.15, 0.2) is 35.1 Å². The molecule has 5 nitrogen and oxygen atoms in total. The van der Waals surface area contributed by atoms with Crippen molar-refractivity contribution in [3.05, 3.63) is 40.6 Å². The summed E-state index contributed by atoms with van der Waals surface area (Å²) in [7, 11) is 1.54. The third kappa shape index (κ3) is 3.71. The van der Waals surface area contributed by atoms with Crippen LogP contribution in [0.25, 0.3) is 0 Å². The number of hydrogen-bond donors (Lipinski definition) is 2. The first-order valence-electron chi connectivity index (χ1n) is 5.94. The minimum atomic E-state index is 0.128. The van der Waals surface area contributed by atoms with Crippen molar-refractivity contribution in [2.45, 2.75) is 13.1 Å². The highest BCUT2D eigenvalue weighted by Crippen LogP contribution is 2.35. The normalized spacial score (nSPS) is 10.6. The number of rotatable bonds is 6. The highest BCUT2D eigenvalue weighted by atomic mass is 79.9. The van der Waals surface area contributed by atoms with Crippen LogP contribution in [0.3, 0.4) is 0 Å². The van der Waals surface area contributed by atoms with Crippen LogP contribution >= 0.6 is 15.9 Å². The monoisotopic (exact) mass is 325 g/mol. The summed E-state index contributed by atoms with van der Waals surface area (Å²) in [6.45, 7) is 2.35. The largest absolute Gasteiger partial charge is 0.503 e. The van der Waals surface area contributed by atoms with E-state index >= 15 is 0 Å². The molecule has 0 atom stereocenters. The van der Waals surface area contributed by atoms with Gasteiger partial charge in [-0.15, -0.1) is 0 Å². The number of phenols is 1. The quantitative estimate of drug-likeness (QED) is 0.799. The van der Waals surface area contributed by atoms with E-state index in [9.17, 15) is 5.11 Å². The summed E-state index contributed by atoms with van der Waals surface area (Å²) in [5, 5.41) is 17.2. The van der Waals surface area contributed by atoms with Crippen LogP contribution in [0.5, 0.6) is 11.5 Å². The Balaban J connectivity index is 1.87. The summed E-state index contributed by atoms with van der Waals surface area (Å²) in [5.74, 6) is 0.598. The molecule has 0 unspecified atom stereocenters. The van der Waals surface area contributed by atoms with Gasteiger partial charge in [0, 0.05) is 25.5 Å². The summed E-state index contributed by atoms with van der Waals surface area (Å²) in [4.78, 5) is 0. The molecular formula is C13H16BrN3O2. The third-order valence-corrected chi connectivity index (χ3v) is 3.32. The Kier molecular flexibility index (Phi) is 4.81. The molecule has 2 aromatic rings. The van der Waals surface area contributed by atoms with Gasteiger partial charge >= 0.3 is 0 Å². The van der Waals surface area contributed by atoms with Crippen molar-refractivity contribution >= 4 is 15.9 Å². The van der Waals surface area contributed by atoms with Crippen molar-refractivity contribution in [3.8, 4) is 11.5 Å². The first-order valence-corrected chi connectivity index (χ1v) is 6.73. The summed E-state index contributed by atoms with van der Waals surface area (Å²) in [6, 6.07) is 5.60. The molecule has 0 fully saturated rings. The van der Waals surface area contributed by atoms with Crippen molar-refractivity contribution < 1.29 is 9.84 Å². The number of aromatic nitrogens is 2. The second-order valence-electron chi connectivity index (χ2n) is 4.07. The number of nitrogens with one attached hydrogen (secondary N) is 1. The number of nitrogens with zero attached hydrogens (tertiary/aromatic N) is 2. The number of aromatic hydroxyl groups is 1. The second kappa shape index (κ2) is 6.58. The number of hydrogen-bond acceptors (Lipinski definition) is 4. The van der Waals surface area contributed by atoms with Crippen LogP contribution in [0.1, 0.15) is 5.56 Å². The van der Waals surface area contributed by atoms with Gasteiger partial charge in [0.05, 0.1) is 18.1 Å². The van der Waals surface area contributed by atoms with E-state index in [0.29, 0.717) is 16.8 Å². The molecule has 2 rings (SSSR count). The van der Waals surface area contributed by atoms with Gasteiger partial charge in [0.25, 0.3) is 0 Å². The van der Waals surface area contributed by atoms with Crippen molar-refractivity contribution in [1.82, 2.24) is 15.1 Å². The Hall–Kier alpha value is -1.53. The highest BCUT2D eigenvalue weighted by molar-refractivity contribution is 9.10. The van der Waals surface area contributed by atoms with Gasteiger partial charge < -0.3 is 15.2 Å². The molecule has 19 heavy (non-hydrogen) atoms. The molecule has 0 aliphatic heterocycles. The minimum absolute atomic E-state index is 0.128. The predicted molar refractivity (Wildman–Crippen MR) is 76.3 cm³/mol. The van der Waals surface area contributed by atoms with E-state index in [1.54, 1.807) is 6.20 Å². The molecule has 102 valence electrons. The molecule has 0 spiro atoms. The molecule has 1 heterocycles. The van der Waals surface area contributed by atoms with Crippen LogP contribution in [0.2, 0.25) is 0 Å². The Labute approximate surface area is 120 Å². The van der Waals surface area contributed by atoms with Gasteiger partial charge in [-0.1, -0.05) is 0 Å². The summed E-state index contributed by atoms with van der Waals surface area (Å²) in [5.41, 5.74) is 1.04. The lowest BCUT2D eigenvalue weighted by atomic mass is 10.2. The van der Waals surface area contributed by atoms with E-state index in [-0.39, 0.29) is 5.75 Å². The molecule has 0 aliphatic carbocycles. The van der Waals surface area contributed by atoms with E-state index in [4.69, 9.17) is 4.74 Å². The van der Waals surface area contributed by atoms with Crippen molar-refractivity contribution in [2.75, 3.05) is 13.7 Å². The smallest absolute Gasteiger partial charge is 0.172 e. The molecule has 0 saturated heterocycles. The number of phenolic OH excluding ortho intramolecular Hbond substituents is 1. The van der Waals surface area contributed by atoms with Gasteiger partial charge in [0.2, 0.25) is 0 Å². The van der Waals surface area contributed by atoms with E-state index in [1.807, 2.05) is 29.1 Å². The van der Waals surface area contributed by atoms with Gasteiger partial charge in [0.1, 0.15) is 0 Å². The number of halogens is 1. The van der Waals surface area contributed by atoms with E-state index in [0.717, 1.165) is 18.7 Å². The first-order chi connectivity index (χ1) is 9.20. The summed E-state index contributed by atoms with van der Waals surface area (Å²) in [6.07, 6.45) is 3.70. The fraction of sp³-hybridized carbons (Fsp3) is 0.308. The average Bonchev–Trinajstić information content (AvgIpc) is 2.91. The maximum absolute atomic E-state index is 9.71. The SMILES string of the molecule is COc1cc(CNCCn2cccn2)cc(Br)c1O. The van der Waals surface area contributed by atoms with Gasteiger partial charge in [-0.05, 0) is 39.7 Å². The van der Waals surface area contributed by atoms with Crippen LogP contribution in [-0.2, 0) is 13.1 Å². The molecule has 2 N–H and O–H groups in total. The van der Waals surface area contributed by atoms with Gasteiger partial charge in [-0.25, -0.2) is 0 Å². The average molecular weight is 326 g/mol. The van der Waals surface area contributed by atoms with Crippen molar-refractivity contribution in [3.63, 3.8) is 0 Å². The van der Waals surface area contributed by atoms with Crippen molar-refractivity contribution in [1.29, 1.82) is 0 Å². The molecule has 0 saturated carbocycles. The topological polar surface area (TPSA) is 59.3 Å². The molecular weight excluding hydrogens is 310 g/mol. The molecule has 0 radical (unpaired) electrons. The molecule has 6 heteroatoms. The fourth-order valence-electron chi connectivity index (χ4n) is 1.74. The predicted octanol–water partition coefficient (Wildman–Crippen LogP) is 2.15. The lowest BCUT2D eigenvalue weighted by molar-refractivity contribution is 0.371. The molecule has 1 aromatic carbocycles. The van der Waals surface area contributed by atoms with E-state index in [2.05, 4.69) is 26.3 Å².